The van der Waals surface area contributed by atoms with Crippen LogP contribution in [0, 0.1) is 11.8 Å². The van der Waals surface area contributed by atoms with Crippen LogP contribution in [-0.2, 0) is 9.53 Å². The summed E-state index contributed by atoms with van der Waals surface area (Å²) < 4.78 is 5.39. The molecule has 0 aromatic rings. The van der Waals surface area contributed by atoms with Crippen molar-refractivity contribution >= 4 is 18.3 Å². The molecule has 1 aliphatic rings. The van der Waals surface area contributed by atoms with Gasteiger partial charge in [0.25, 0.3) is 0 Å². The Morgan fingerprint density at radius 2 is 2.06 bits per heavy atom. The van der Waals surface area contributed by atoms with Gasteiger partial charge in [-0.05, 0) is 18.3 Å². The van der Waals surface area contributed by atoms with Crippen molar-refractivity contribution in [2.45, 2.75) is 39.3 Å². The van der Waals surface area contributed by atoms with Gasteiger partial charge >= 0.3 is 0 Å². The molecule has 1 aliphatic heterocycles. The first-order valence-corrected chi connectivity index (χ1v) is 6.04. The van der Waals surface area contributed by atoms with Crippen LogP contribution in [0.15, 0.2) is 0 Å². The third kappa shape index (κ3) is 4.12. The number of nitrogens with two attached hydrogens (primary N) is 1. The molecule has 5 heteroatoms. The van der Waals surface area contributed by atoms with E-state index in [1.807, 2.05) is 18.7 Å². The fourth-order valence-electron chi connectivity index (χ4n) is 2.04. The number of halogens is 1. The molecule has 1 fully saturated rings. The Balaban J connectivity index is 0.00000256. The van der Waals surface area contributed by atoms with Crippen LogP contribution in [0.2, 0.25) is 0 Å². The zero-order valence-electron chi connectivity index (χ0n) is 11.2. The quantitative estimate of drug-likeness (QED) is 0.835. The molecule has 1 saturated heterocycles. The molecule has 2 N–H and O–H groups in total. The number of hydrogen-bond donors (Lipinski definition) is 1. The first-order valence-electron chi connectivity index (χ1n) is 6.04. The molecule has 1 heterocycles. The fourth-order valence-corrected chi connectivity index (χ4v) is 2.04. The first-order chi connectivity index (χ1) is 7.47. The van der Waals surface area contributed by atoms with Crippen LogP contribution in [0.3, 0.4) is 0 Å². The van der Waals surface area contributed by atoms with Crippen molar-refractivity contribution in [3.8, 4) is 0 Å². The maximum Gasteiger partial charge on any atom is 0.239 e. The van der Waals surface area contributed by atoms with Crippen LogP contribution < -0.4 is 5.73 Å². The van der Waals surface area contributed by atoms with Crippen LogP contribution >= 0.6 is 12.4 Å². The Hall–Kier alpha value is -0.320. The monoisotopic (exact) mass is 264 g/mol. The zero-order valence-corrected chi connectivity index (χ0v) is 12.0. The van der Waals surface area contributed by atoms with E-state index in [-0.39, 0.29) is 36.4 Å². The van der Waals surface area contributed by atoms with E-state index in [2.05, 4.69) is 6.92 Å². The predicted octanol–water partition coefficient (Wildman–Crippen LogP) is 1.27. The van der Waals surface area contributed by atoms with Gasteiger partial charge in [-0.1, -0.05) is 20.8 Å². The fraction of sp³-hybridized carbons (Fsp3) is 0.917. The van der Waals surface area contributed by atoms with Gasteiger partial charge in [-0.25, -0.2) is 0 Å². The number of carbonyl (C=O) groups excluding carboxylic acids is 1. The lowest BCUT2D eigenvalue weighted by atomic mass is 9.94. The molecule has 0 radical (unpaired) electrons. The van der Waals surface area contributed by atoms with E-state index in [9.17, 15) is 4.79 Å². The summed E-state index contributed by atoms with van der Waals surface area (Å²) in [6.07, 6.45) is 1.15. The van der Waals surface area contributed by atoms with Crippen molar-refractivity contribution in [1.29, 1.82) is 0 Å². The molecule has 0 spiro atoms. The molecule has 4 nitrogen and oxygen atoms in total. The van der Waals surface area contributed by atoms with Gasteiger partial charge < -0.3 is 15.4 Å². The highest BCUT2D eigenvalue weighted by molar-refractivity contribution is 5.85. The number of methoxy groups -OCH3 is 1. The predicted molar refractivity (Wildman–Crippen MR) is 71.2 cm³/mol. The largest absolute Gasteiger partial charge is 0.379 e. The maximum absolute atomic E-state index is 12.1. The molecule has 102 valence electrons. The minimum absolute atomic E-state index is 0. The summed E-state index contributed by atoms with van der Waals surface area (Å²) in [7, 11) is 1.71. The van der Waals surface area contributed by atoms with E-state index in [4.69, 9.17) is 10.5 Å². The third-order valence-corrected chi connectivity index (χ3v) is 3.51. The minimum Gasteiger partial charge on any atom is -0.379 e. The number of amides is 1. The highest BCUT2D eigenvalue weighted by Gasteiger charge is 2.31. The molecule has 0 aromatic heterocycles. The topological polar surface area (TPSA) is 55.6 Å². The molecular weight excluding hydrogens is 240 g/mol. The molecule has 0 aliphatic carbocycles. The number of likely N-dealkylation sites (tertiary alicyclic amines) is 1. The van der Waals surface area contributed by atoms with Crippen LogP contribution in [-0.4, -0.2) is 43.2 Å². The second-order valence-electron chi connectivity index (χ2n) is 5.09. The van der Waals surface area contributed by atoms with E-state index >= 15 is 0 Å². The van der Waals surface area contributed by atoms with Gasteiger partial charge in [0.2, 0.25) is 5.91 Å². The van der Waals surface area contributed by atoms with Gasteiger partial charge in [-0.2, -0.15) is 0 Å². The summed E-state index contributed by atoms with van der Waals surface area (Å²) in [5.74, 6) is 0.765. The number of piperidine rings is 1. The molecular formula is C12H25ClN2O2. The molecule has 17 heavy (non-hydrogen) atoms. The standard InChI is InChI=1S/C12H24N2O2.ClH/c1-8(2)11(13)12(15)14-6-5-9(3)10(7-14)16-4;/h8-11H,5-7,13H2,1-4H3;1H. The van der Waals surface area contributed by atoms with E-state index in [0.717, 1.165) is 13.0 Å². The lowest BCUT2D eigenvalue weighted by molar-refractivity contribution is -0.138. The molecule has 3 atom stereocenters. The first kappa shape index (κ1) is 16.7. The zero-order chi connectivity index (χ0) is 12.3. The highest BCUT2D eigenvalue weighted by atomic mass is 35.5. The Labute approximate surface area is 110 Å². The van der Waals surface area contributed by atoms with Crippen LogP contribution in [0.4, 0.5) is 0 Å². The van der Waals surface area contributed by atoms with Gasteiger partial charge in [-0.15, -0.1) is 12.4 Å². The van der Waals surface area contributed by atoms with Crippen molar-refractivity contribution in [2.24, 2.45) is 17.6 Å². The number of nitrogens with zero attached hydrogens (tertiary/aromatic N) is 1. The van der Waals surface area contributed by atoms with Gasteiger partial charge in [0.15, 0.2) is 0 Å². The summed E-state index contributed by atoms with van der Waals surface area (Å²) in [4.78, 5) is 13.9. The highest BCUT2D eigenvalue weighted by Crippen LogP contribution is 2.20. The van der Waals surface area contributed by atoms with E-state index in [1.165, 1.54) is 0 Å². The van der Waals surface area contributed by atoms with E-state index < -0.39 is 0 Å². The number of ether oxygens (including phenoxy) is 1. The normalized spacial score (nSPS) is 26.6. The SMILES string of the molecule is COC1CN(C(=O)C(N)C(C)C)CCC1C.Cl. The lowest BCUT2D eigenvalue weighted by Crippen LogP contribution is -2.53. The van der Waals surface area contributed by atoms with E-state index in [0.29, 0.717) is 12.5 Å². The average Bonchev–Trinajstić information content (AvgIpc) is 2.27. The summed E-state index contributed by atoms with van der Waals surface area (Å²) in [5, 5.41) is 0. The summed E-state index contributed by atoms with van der Waals surface area (Å²) in [5.41, 5.74) is 5.88. The van der Waals surface area contributed by atoms with Crippen molar-refractivity contribution in [3.63, 3.8) is 0 Å². The Kier molecular flexibility index (Phi) is 7.05. The summed E-state index contributed by atoms with van der Waals surface area (Å²) >= 11 is 0. The third-order valence-electron chi connectivity index (χ3n) is 3.51. The number of rotatable bonds is 3. The molecule has 0 bridgehead atoms. The van der Waals surface area contributed by atoms with Crippen LogP contribution in [0.1, 0.15) is 27.2 Å². The molecule has 0 saturated carbocycles. The van der Waals surface area contributed by atoms with Crippen LogP contribution in [0.5, 0.6) is 0 Å². The summed E-state index contributed by atoms with van der Waals surface area (Å²) in [6.45, 7) is 7.60. The lowest BCUT2D eigenvalue weighted by Gasteiger charge is -2.37. The second-order valence-corrected chi connectivity index (χ2v) is 5.09. The van der Waals surface area contributed by atoms with Gasteiger partial charge in [-0.3, -0.25) is 4.79 Å². The minimum atomic E-state index is -0.383. The second kappa shape index (κ2) is 7.19. The number of hydrogen-bond acceptors (Lipinski definition) is 3. The van der Waals surface area contributed by atoms with Crippen molar-refractivity contribution in [2.75, 3.05) is 20.2 Å². The molecule has 1 amide bonds. The van der Waals surface area contributed by atoms with Gasteiger partial charge in [0.05, 0.1) is 12.1 Å². The maximum atomic E-state index is 12.1. The average molecular weight is 265 g/mol. The van der Waals surface area contributed by atoms with Crippen molar-refractivity contribution in [1.82, 2.24) is 4.90 Å². The van der Waals surface area contributed by atoms with Crippen molar-refractivity contribution in [3.05, 3.63) is 0 Å². The molecule has 0 aromatic carbocycles. The Bertz CT molecular complexity index is 249. The smallest absolute Gasteiger partial charge is 0.239 e. The Morgan fingerprint density at radius 3 is 2.53 bits per heavy atom. The van der Waals surface area contributed by atoms with Crippen LogP contribution in [0.25, 0.3) is 0 Å². The summed E-state index contributed by atoms with van der Waals surface area (Å²) in [6, 6.07) is -0.383. The van der Waals surface area contributed by atoms with Gasteiger partial charge in [0, 0.05) is 20.2 Å². The van der Waals surface area contributed by atoms with Gasteiger partial charge in [0.1, 0.15) is 0 Å². The number of carbonyl (C=O) groups is 1. The van der Waals surface area contributed by atoms with Crippen molar-refractivity contribution < 1.29 is 9.53 Å². The molecule has 3 unspecified atom stereocenters. The molecule has 1 rings (SSSR count). The Morgan fingerprint density at radius 1 is 1.47 bits per heavy atom. The van der Waals surface area contributed by atoms with E-state index in [1.54, 1.807) is 7.11 Å².